The fourth-order valence-corrected chi connectivity index (χ4v) is 4.64. The van der Waals surface area contributed by atoms with E-state index in [1.54, 1.807) is 43.4 Å². The summed E-state index contributed by atoms with van der Waals surface area (Å²) in [5, 5.41) is 3.68. The van der Waals surface area contributed by atoms with Gasteiger partial charge in [0.1, 0.15) is 6.04 Å². The lowest BCUT2D eigenvalue weighted by atomic mass is 10.0. The van der Waals surface area contributed by atoms with Crippen LogP contribution in [0.3, 0.4) is 0 Å². The summed E-state index contributed by atoms with van der Waals surface area (Å²) in [6.07, 6.45) is 0.473. The molecule has 0 bridgehead atoms. The van der Waals surface area contributed by atoms with Crippen LogP contribution in [-0.2, 0) is 35.5 Å². The normalized spacial score (nSPS) is 11.4. The summed E-state index contributed by atoms with van der Waals surface area (Å²) >= 11 is 6.02. The molecule has 4 aromatic carbocycles. The monoisotopic (exact) mass is 556 g/mol. The van der Waals surface area contributed by atoms with Gasteiger partial charge in [-0.05, 0) is 46.5 Å². The van der Waals surface area contributed by atoms with Crippen molar-refractivity contribution in [1.82, 2.24) is 10.2 Å². The molecule has 1 N–H and O–H groups in total. The van der Waals surface area contributed by atoms with Crippen molar-refractivity contribution >= 4 is 23.4 Å². The Balaban J connectivity index is 1.64. The number of methoxy groups -OCH3 is 2. The smallest absolute Gasteiger partial charge is 0.243 e. The van der Waals surface area contributed by atoms with Gasteiger partial charge in [0.2, 0.25) is 11.8 Å². The topological polar surface area (TPSA) is 67.9 Å². The molecule has 4 rings (SSSR count). The van der Waals surface area contributed by atoms with Gasteiger partial charge in [-0.15, -0.1) is 0 Å². The molecule has 0 aliphatic heterocycles. The Morgan fingerprint density at radius 3 is 1.98 bits per heavy atom. The van der Waals surface area contributed by atoms with Crippen LogP contribution in [0.15, 0.2) is 103 Å². The molecular weight excluding hydrogens is 524 g/mol. The molecule has 4 aromatic rings. The highest BCUT2D eigenvalue weighted by atomic mass is 35.5. The summed E-state index contributed by atoms with van der Waals surface area (Å²) in [4.78, 5) is 29.4. The van der Waals surface area contributed by atoms with Gasteiger partial charge in [0.05, 0.1) is 20.6 Å². The predicted molar refractivity (Wildman–Crippen MR) is 157 cm³/mol. The van der Waals surface area contributed by atoms with Crippen molar-refractivity contribution in [3.05, 3.63) is 130 Å². The quantitative estimate of drug-likeness (QED) is 0.237. The molecular formula is C33H33ClN2O4. The van der Waals surface area contributed by atoms with Crippen molar-refractivity contribution in [2.24, 2.45) is 0 Å². The molecule has 0 fully saturated rings. The van der Waals surface area contributed by atoms with Crippen LogP contribution in [0.2, 0.25) is 5.02 Å². The molecule has 7 heteroatoms. The van der Waals surface area contributed by atoms with Crippen molar-refractivity contribution in [2.45, 2.75) is 32.0 Å². The number of halogens is 1. The van der Waals surface area contributed by atoms with Gasteiger partial charge in [0.15, 0.2) is 11.5 Å². The molecule has 0 heterocycles. The zero-order valence-corrected chi connectivity index (χ0v) is 23.4. The highest BCUT2D eigenvalue weighted by Gasteiger charge is 2.30. The SMILES string of the molecule is COc1ccc(CC(=O)N(Cc2ccccc2)C(Cc2ccccc2)C(=O)NCc2ccc(Cl)cc2)cc1OC. The van der Waals surface area contributed by atoms with E-state index in [4.69, 9.17) is 21.1 Å². The zero-order valence-electron chi connectivity index (χ0n) is 22.7. The maximum Gasteiger partial charge on any atom is 0.243 e. The van der Waals surface area contributed by atoms with E-state index in [0.29, 0.717) is 36.0 Å². The van der Waals surface area contributed by atoms with Crippen LogP contribution in [-0.4, -0.2) is 37.0 Å². The van der Waals surface area contributed by atoms with E-state index in [0.717, 1.165) is 22.3 Å². The maximum absolute atomic E-state index is 14.0. The van der Waals surface area contributed by atoms with Gasteiger partial charge < -0.3 is 19.7 Å². The van der Waals surface area contributed by atoms with Crippen LogP contribution in [0.25, 0.3) is 0 Å². The molecule has 206 valence electrons. The van der Waals surface area contributed by atoms with E-state index >= 15 is 0 Å². The van der Waals surface area contributed by atoms with E-state index in [2.05, 4.69) is 5.32 Å². The summed E-state index contributed by atoms with van der Waals surface area (Å²) in [7, 11) is 3.13. The van der Waals surface area contributed by atoms with Crippen LogP contribution >= 0.6 is 11.6 Å². The third-order valence-electron chi connectivity index (χ3n) is 6.65. The van der Waals surface area contributed by atoms with Gasteiger partial charge in [-0.2, -0.15) is 0 Å². The molecule has 0 saturated carbocycles. The summed E-state index contributed by atoms with van der Waals surface area (Å²) in [6, 6.07) is 31.5. The molecule has 0 spiro atoms. The summed E-state index contributed by atoms with van der Waals surface area (Å²) in [5.41, 5.74) is 3.58. The van der Waals surface area contributed by atoms with E-state index in [1.807, 2.05) is 78.9 Å². The third-order valence-corrected chi connectivity index (χ3v) is 6.90. The number of rotatable bonds is 12. The Morgan fingerprint density at radius 2 is 1.35 bits per heavy atom. The number of carbonyl (C=O) groups is 2. The summed E-state index contributed by atoms with van der Waals surface area (Å²) in [6.45, 7) is 0.614. The molecule has 0 aromatic heterocycles. The summed E-state index contributed by atoms with van der Waals surface area (Å²) in [5.74, 6) is 0.737. The van der Waals surface area contributed by atoms with Gasteiger partial charge in [-0.3, -0.25) is 9.59 Å². The lowest BCUT2D eigenvalue weighted by Crippen LogP contribution is -2.50. The second kappa shape index (κ2) is 14.2. The average Bonchev–Trinajstić information content (AvgIpc) is 2.99. The van der Waals surface area contributed by atoms with Gasteiger partial charge >= 0.3 is 0 Å². The fourth-order valence-electron chi connectivity index (χ4n) is 4.51. The zero-order chi connectivity index (χ0) is 28.3. The maximum atomic E-state index is 14.0. The van der Waals surface area contributed by atoms with Crippen molar-refractivity contribution in [2.75, 3.05) is 14.2 Å². The van der Waals surface area contributed by atoms with Gasteiger partial charge in [-0.25, -0.2) is 0 Å². The fraction of sp³-hybridized carbons (Fsp3) is 0.212. The largest absolute Gasteiger partial charge is 0.493 e. The number of carbonyl (C=O) groups excluding carboxylic acids is 2. The highest BCUT2D eigenvalue weighted by molar-refractivity contribution is 6.30. The van der Waals surface area contributed by atoms with E-state index in [9.17, 15) is 9.59 Å². The Labute approximate surface area is 240 Å². The van der Waals surface area contributed by atoms with Crippen molar-refractivity contribution < 1.29 is 19.1 Å². The molecule has 40 heavy (non-hydrogen) atoms. The second-order valence-corrected chi connectivity index (χ2v) is 9.86. The minimum atomic E-state index is -0.734. The molecule has 1 atom stereocenters. The molecule has 0 radical (unpaired) electrons. The first-order valence-electron chi connectivity index (χ1n) is 13.1. The Kier molecular flexibility index (Phi) is 10.2. The van der Waals surface area contributed by atoms with Crippen LogP contribution in [0.1, 0.15) is 22.3 Å². The van der Waals surface area contributed by atoms with Crippen LogP contribution in [0.4, 0.5) is 0 Å². The predicted octanol–water partition coefficient (Wildman–Crippen LogP) is 5.86. The lowest BCUT2D eigenvalue weighted by Gasteiger charge is -2.32. The van der Waals surface area contributed by atoms with Gasteiger partial charge in [-0.1, -0.05) is 90.5 Å². The van der Waals surface area contributed by atoms with Crippen LogP contribution in [0.5, 0.6) is 11.5 Å². The standard InChI is InChI=1S/C33H33ClN2O4/c1-39-30-18-15-27(20-31(30)40-2)21-32(37)36(23-26-11-7-4-8-12-26)29(19-24-9-5-3-6-10-24)33(38)35-22-25-13-16-28(34)17-14-25/h3-18,20,29H,19,21-23H2,1-2H3,(H,35,38). The molecule has 0 aliphatic carbocycles. The molecule has 0 saturated heterocycles. The number of amides is 2. The van der Waals surface area contributed by atoms with Crippen molar-refractivity contribution in [3.8, 4) is 11.5 Å². The number of hydrogen-bond acceptors (Lipinski definition) is 4. The van der Waals surface area contributed by atoms with E-state index < -0.39 is 6.04 Å². The second-order valence-electron chi connectivity index (χ2n) is 9.42. The molecule has 6 nitrogen and oxygen atoms in total. The number of hydrogen-bond donors (Lipinski definition) is 1. The molecule has 1 unspecified atom stereocenters. The first-order chi connectivity index (χ1) is 19.5. The van der Waals surface area contributed by atoms with Gasteiger partial charge in [0.25, 0.3) is 0 Å². The van der Waals surface area contributed by atoms with E-state index in [-0.39, 0.29) is 18.2 Å². The first-order valence-corrected chi connectivity index (χ1v) is 13.4. The Morgan fingerprint density at radius 1 is 0.750 bits per heavy atom. The Bertz CT molecular complexity index is 1400. The average molecular weight is 557 g/mol. The lowest BCUT2D eigenvalue weighted by molar-refractivity contribution is -0.140. The van der Waals surface area contributed by atoms with Gasteiger partial charge in [0, 0.05) is 24.5 Å². The highest BCUT2D eigenvalue weighted by Crippen LogP contribution is 2.28. The molecule has 2 amide bonds. The summed E-state index contributed by atoms with van der Waals surface area (Å²) < 4.78 is 10.8. The third kappa shape index (κ3) is 7.87. The van der Waals surface area contributed by atoms with Crippen LogP contribution in [0, 0.1) is 0 Å². The number of benzene rings is 4. The first kappa shape index (κ1) is 28.7. The van der Waals surface area contributed by atoms with E-state index in [1.165, 1.54) is 0 Å². The Hall–Kier alpha value is -4.29. The number of nitrogens with one attached hydrogen (secondary N) is 1. The minimum Gasteiger partial charge on any atom is -0.493 e. The number of ether oxygens (including phenoxy) is 2. The van der Waals surface area contributed by atoms with Crippen molar-refractivity contribution in [3.63, 3.8) is 0 Å². The molecule has 0 aliphatic rings. The van der Waals surface area contributed by atoms with Crippen molar-refractivity contribution in [1.29, 1.82) is 0 Å². The minimum absolute atomic E-state index is 0.100. The van der Waals surface area contributed by atoms with Crippen LogP contribution < -0.4 is 14.8 Å². The number of nitrogens with zero attached hydrogens (tertiary/aromatic N) is 1.